The van der Waals surface area contributed by atoms with Crippen molar-refractivity contribution in [1.29, 1.82) is 0 Å². The Balaban J connectivity index is 0.000000129. The van der Waals surface area contributed by atoms with E-state index in [0.717, 1.165) is 124 Å². The molecule has 598 valence electrons. The highest BCUT2D eigenvalue weighted by molar-refractivity contribution is 5.75. The molecule has 10 aliphatic carbocycles. The average molecular weight is 1490 g/mol. The summed E-state index contributed by atoms with van der Waals surface area (Å²) in [5, 5.41) is 0. The van der Waals surface area contributed by atoms with Crippen LogP contribution in [0.5, 0.6) is 5.75 Å². The first-order valence-electron chi connectivity index (χ1n) is 47.0. The molecule has 0 amide bonds. The molecule has 0 atom stereocenters. The summed E-state index contributed by atoms with van der Waals surface area (Å²) >= 11 is 0. The molecule has 110 heavy (non-hydrogen) atoms. The number of halogens is 1. The number of esters is 1. The van der Waals surface area contributed by atoms with Crippen molar-refractivity contribution in [3.63, 3.8) is 0 Å². The lowest BCUT2D eigenvalue weighted by Crippen LogP contribution is -2.29. The van der Waals surface area contributed by atoms with Crippen molar-refractivity contribution in [3.05, 3.63) is 184 Å². The zero-order valence-electron chi connectivity index (χ0n) is 70.7. The molecular formula is C107H151FO2. The fourth-order valence-corrected chi connectivity index (χ4v) is 23.0. The Labute approximate surface area is 671 Å². The fourth-order valence-electron chi connectivity index (χ4n) is 23.0. The van der Waals surface area contributed by atoms with Gasteiger partial charge in [-0.25, -0.2) is 4.39 Å². The van der Waals surface area contributed by atoms with Gasteiger partial charge in [0.15, 0.2) is 0 Å². The molecule has 0 aromatic heterocycles. The highest BCUT2D eigenvalue weighted by Crippen LogP contribution is 2.47. The van der Waals surface area contributed by atoms with Crippen LogP contribution in [0.3, 0.4) is 0 Å². The molecule has 0 N–H and O–H groups in total. The van der Waals surface area contributed by atoms with Crippen LogP contribution in [0.15, 0.2) is 140 Å². The van der Waals surface area contributed by atoms with Crippen molar-refractivity contribution in [2.45, 2.75) is 361 Å². The van der Waals surface area contributed by atoms with Crippen LogP contribution in [0, 0.1) is 88.7 Å². The summed E-state index contributed by atoms with van der Waals surface area (Å²) in [6, 6.07) is 51.7. The molecule has 0 saturated heterocycles. The SMILES string of the molecule is CC1CCC(c2ccc(-c3ccc(C4CCC(C)CC4)cc3)cc2)CC1.CC1CCC(c2ccc(-c3ccc(C4CCC(C)CC4)cc3F)cc2)CC1.CC1CCC(c2ccc(CCC3CCC(C4CCC(C)CC4)CC3)cc2)CC1.CC1CCC(c2ccc(OC(=O)C3CCC(C4CCC(C)CC4)CC3)cc2)CC1. The Morgan fingerprint density at radius 3 is 0.855 bits per heavy atom. The van der Waals surface area contributed by atoms with Crippen LogP contribution in [0.25, 0.3) is 22.3 Å². The molecule has 6 aromatic rings. The van der Waals surface area contributed by atoms with Gasteiger partial charge < -0.3 is 4.74 Å². The monoisotopic (exact) mass is 1490 g/mol. The third-order valence-corrected chi connectivity index (χ3v) is 31.7. The molecule has 10 aliphatic rings. The second kappa shape index (κ2) is 41.3. The maximum Gasteiger partial charge on any atom is 0.314 e. The second-order valence-electron chi connectivity index (χ2n) is 40.0. The molecule has 0 heterocycles. The van der Waals surface area contributed by atoms with E-state index in [4.69, 9.17) is 4.74 Å². The lowest BCUT2D eigenvalue weighted by atomic mass is 9.69. The quantitative estimate of drug-likeness (QED) is 0.0757. The average Bonchev–Trinajstić information content (AvgIpc) is 0.810. The lowest BCUT2D eigenvalue weighted by molar-refractivity contribution is -0.140. The maximum absolute atomic E-state index is 14.9. The van der Waals surface area contributed by atoms with Crippen LogP contribution in [0.1, 0.15) is 393 Å². The number of aryl methyl sites for hydroxylation is 1. The number of rotatable bonds is 15. The number of carbonyl (C=O) groups excluding carboxylic acids is 1. The van der Waals surface area contributed by atoms with Crippen LogP contribution < -0.4 is 4.74 Å². The Morgan fingerprint density at radius 1 is 0.282 bits per heavy atom. The number of ether oxygens (including phenoxy) is 1. The first-order chi connectivity index (χ1) is 53.5. The summed E-state index contributed by atoms with van der Waals surface area (Å²) in [5.41, 5.74) is 14.8. The van der Waals surface area contributed by atoms with Gasteiger partial charge in [0.25, 0.3) is 0 Å². The molecule has 0 spiro atoms. The highest BCUT2D eigenvalue weighted by atomic mass is 19.1. The predicted octanol–water partition coefficient (Wildman–Crippen LogP) is 32.1. The minimum Gasteiger partial charge on any atom is -0.426 e. The van der Waals surface area contributed by atoms with Crippen LogP contribution in [-0.2, 0) is 11.2 Å². The smallest absolute Gasteiger partial charge is 0.314 e. The van der Waals surface area contributed by atoms with E-state index in [2.05, 4.69) is 171 Å². The van der Waals surface area contributed by atoms with E-state index in [-0.39, 0.29) is 17.7 Å². The van der Waals surface area contributed by atoms with Crippen molar-refractivity contribution in [2.24, 2.45) is 82.9 Å². The molecule has 16 rings (SSSR count). The van der Waals surface area contributed by atoms with Crippen molar-refractivity contribution in [3.8, 4) is 28.0 Å². The van der Waals surface area contributed by atoms with Gasteiger partial charge in [0.05, 0.1) is 5.92 Å². The number of hydrogen-bond acceptors (Lipinski definition) is 2. The summed E-state index contributed by atoms with van der Waals surface area (Å²) in [6.45, 7) is 19.1. The third kappa shape index (κ3) is 23.9. The van der Waals surface area contributed by atoms with E-state index in [9.17, 15) is 9.18 Å². The Bertz CT molecular complexity index is 3530. The summed E-state index contributed by atoms with van der Waals surface area (Å²) in [4.78, 5) is 12.7. The summed E-state index contributed by atoms with van der Waals surface area (Å²) < 4.78 is 20.6. The number of benzene rings is 6. The lowest BCUT2D eigenvalue weighted by Gasteiger charge is -2.37. The van der Waals surface area contributed by atoms with Gasteiger partial charge in [-0.05, 0) is 340 Å². The van der Waals surface area contributed by atoms with Gasteiger partial charge in [0.2, 0.25) is 0 Å². The predicted molar refractivity (Wildman–Crippen MR) is 466 cm³/mol. The van der Waals surface area contributed by atoms with E-state index < -0.39 is 0 Å². The summed E-state index contributed by atoms with van der Waals surface area (Å²) in [7, 11) is 0. The van der Waals surface area contributed by atoms with Crippen LogP contribution >= 0.6 is 0 Å². The van der Waals surface area contributed by atoms with Crippen molar-refractivity contribution >= 4 is 5.97 Å². The number of hydrogen-bond donors (Lipinski definition) is 0. The topological polar surface area (TPSA) is 26.3 Å². The van der Waals surface area contributed by atoms with Crippen molar-refractivity contribution in [1.82, 2.24) is 0 Å². The highest BCUT2D eigenvalue weighted by Gasteiger charge is 2.35. The summed E-state index contributed by atoms with van der Waals surface area (Å²) in [6.07, 6.45) is 57.2. The van der Waals surface area contributed by atoms with Crippen molar-refractivity contribution < 1.29 is 13.9 Å². The zero-order valence-corrected chi connectivity index (χ0v) is 70.7. The molecule has 0 unspecified atom stereocenters. The maximum atomic E-state index is 14.9. The minimum absolute atomic E-state index is 0.0000393. The van der Waals surface area contributed by atoms with Gasteiger partial charge in [0, 0.05) is 5.56 Å². The molecular weight excluding hydrogens is 1340 g/mol. The largest absolute Gasteiger partial charge is 0.426 e. The molecule has 6 aromatic carbocycles. The molecule has 0 aliphatic heterocycles. The van der Waals surface area contributed by atoms with Gasteiger partial charge in [-0.3, -0.25) is 4.79 Å². The Hall–Kier alpha value is -5.28. The van der Waals surface area contributed by atoms with Gasteiger partial charge in [-0.2, -0.15) is 0 Å². The zero-order chi connectivity index (χ0) is 76.3. The van der Waals surface area contributed by atoms with E-state index >= 15 is 0 Å². The normalized spacial score (nSPS) is 32.9. The minimum atomic E-state index is -0.0645. The molecule has 3 heteroatoms. The molecule has 2 nitrogen and oxygen atoms in total. The van der Waals surface area contributed by atoms with E-state index in [1.807, 2.05) is 18.2 Å². The Kier molecular flexibility index (Phi) is 31.1. The van der Waals surface area contributed by atoms with Gasteiger partial charge >= 0.3 is 5.97 Å². The Morgan fingerprint density at radius 2 is 0.536 bits per heavy atom. The molecule has 10 saturated carbocycles. The molecule has 10 fully saturated rings. The molecule has 0 radical (unpaired) electrons. The van der Waals surface area contributed by atoms with E-state index in [1.165, 1.54) is 285 Å². The van der Waals surface area contributed by atoms with Crippen LogP contribution in [0.4, 0.5) is 4.39 Å². The third-order valence-electron chi connectivity index (χ3n) is 31.7. The van der Waals surface area contributed by atoms with Gasteiger partial charge in [-0.15, -0.1) is 0 Å². The van der Waals surface area contributed by atoms with Gasteiger partial charge in [0.1, 0.15) is 11.6 Å². The van der Waals surface area contributed by atoms with Crippen molar-refractivity contribution in [2.75, 3.05) is 0 Å². The van der Waals surface area contributed by atoms with Crippen LogP contribution in [-0.4, -0.2) is 5.97 Å². The fraction of sp³-hybridized carbons (Fsp3) is 0.654. The standard InChI is InChI=1S/C28H44.C27H40O2.C26H33F.C26H34/c1-21-3-13-25(14-4-21)27-17-9-23(10-18-27)7-8-24-11-19-28(20-12-24)26-15-5-22(2)6-16-26;1-19-3-7-21(8-4-19)23-11-13-25(14-12-23)27(28)29-26-17-15-24(16-18-26)22-9-5-20(2)6-10-22;1-18-3-7-20(8-4-18)21-11-13-23(14-12-21)25-16-15-24(17-26(25)27)22-9-5-19(2)6-10-22;1-19-3-7-21(8-4-19)23-11-15-25(16-12-23)26-17-13-24(14-18-26)22-9-5-20(2)6-10-22/h9-10,17-18,21-22,24-26,28H,3-8,11-16,19-20H2,1-2H3;15-23,25H,3-14H2,1-2H3;11-20,22H,3-10H2,1-2H3;11-22H,3-10H2,1-2H3. The molecule has 0 bridgehead atoms. The second-order valence-corrected chi connectivity index (χ2v) is 40.0. The van der Waals surface area contributed by atoms with E-state index in [1.54, 1.807) is 28.3 Å². The first-order valence-corrected chi connectivity index (χ1v) is 47.0. The first kappa shape index (κ1) is 82.7. The van der Waals surface area contributed by atoms with E-state index in [0.29, 0.717) is 17.8 Å². The number of carbonyl (C=O) groups is 1. The summed E-state index contributed by atoms with van der Waals surface area (Å²) in [5.74, 6) is 17.3. The van der Waals surface area contributed by atoms with Gasteiger partial charge in [-0.1, -0.05) is 292 Å². The van der Waals surface area contributed by atoms with Crippen LogP contribution in [0.2, 0.25) is 0 Å².